The van der Waals surface area contributed by atoms with E-state index in [1.165, 1.54) is 30.7 Å². The fourth-order valence-electron chi connectivity index (χ4n) is 7.14. The number of nitrogens with two attached hydrogens (primary N) is 2. The third kappa shape index (κ3) is 4.75. The maximum atomic E-state index is 13.5. The van der Waals surface area contributed by atoms with Crippen molar-refractivity contribution < 1.29 is 51.6 Å². The number of ether oxygens (including phenoxy) is 2. The van der Waals surface area contributed by atoms with Gasteiger partial charge in [0, 0.05) is 13.0 Å². The minimum absolute atomic E-state index is 0.0425. The van der Waals surface area contributed by atoms with Crippen LogP contribution in [0.4, 0.5) is 11.8 Å². The molecule has 4 aromatic heterocycles. The summed E-state index contributed by atoms with van der Waals surface area (Å²) in [7, 11) is -8.67. The Hall–Kier alpha value is -3.40. The molecule has 2 saturated carbocycles. The third-order valence-corrected chi connectivity index (χ3v) is 11.2. The molecule has 2 aliphatic carbocycles. The Kier molecular flexibility index (Phi) is 6.94. The van der Waals surface area contributed by atoms with Crippen LogP contribution in [0.5, 0.6) is 0 Å². The van der Waals surface area contributed by atoms with Crippen molar-refractivity contribution in [2.24, 2.45) is 11.8 Å². The van der Waals surface area contributed by atoms with Gasteiger partial charge in [0.1, 0.15) is 42.4 Å². The van der Waals surface area contributed by atoms with Crippen molar-refractivity contribution in [3.8, 4) is 0 Å². The number of phosphoric acid groups is 2. The van der Waals surface area contributed by atoms with E-state index >= 15 is 0 Å². The van der Waals surface area contributed by atoms with Crippen LogP contribution >= 0.6 is 15.6 Å². The van der Waals surface area contributed by atoms with Gasteiger partial charge in [-0.05, 0) is 12.3 Å². The average molecular weight is 698 g/mol. The highest BCUT2D eigenvalue weighted by atomic mass is 31.2. The lowest BCUT2D eigenvalue weighted by Crippen LogP contribution is -2.40. The van der Waals surface area contributed by atoms with E-state index in [4.69, 9.17) is 39.0 Å². The zero-order valence-electron chi connectivity index (χ0n) is 24.2. The highest BCUT2D eigenvalue weighted by Gasteiger charge is 2.74. The fraction of sp³-hybridized carbons (Fsp3) is 0.565. The molecule has 11 atom stereocenters. The van der Waals surface area contributed by atoms with Crippen LogP contribution in [-0.2, 0) is 42.2 Å². The summed E-state index contributed by atoms with van der Waals surface area (Å²) < 4.78 is 63.3. The predicted molar refractivity (Wildman–Crippen MR) is 154 cm³/mol. The number of anilines is 2. The number of methoxy groups -OCH3 is 1. The van der Waals surface area contributed by atoms with Crippen LogP contribution in [0.1, 0.15) is 12.6 Å². The van der Waals surface area contributed by atoms with E-state index in [1.807, 2.05) is 0 Å². The summed E-state index contributed by atoms with van der Waals surface area (Å²) in [4.78, 5) is 57.2. The van der Waals surface area contributed by atoms with Gasteiger partial charge in [-0.25, -0.2) is 29.1 Å². The monoisotopic (exact) mass is 698 g/mol. The molecule has 4 fully saturated rings. The molecule has 0 radical (unpaired) electrons. The molecule has 47 heavy (non-hydrogen) atoms. The van der Waals surface area contributed by atoms with Gasteiger partial charge in [0.15, 0.2) is 28.9 Å². The van der Waals surface area contributed by atoms with Crippen molar-refractivity contribution >= 4 is 49.7 Å². The summed E-state index contributed by atoms with van der Waals surface area (Å²) >= 11 is 0. The Morgan fingerprint density at radius 1 is 1.02 bits per heavy atom. The normalized spacial score (nSPS) is 40.4. The van der Waals surface area contributed by atoms with Crippen LogP contribution in [-0.4, -0.2) is 105 Å². The molecule has 2 bridgehead atoms. The number of rotatable bonds is 3. The zero-order valence-corrected chi connectivity index (χ0v) is 26.0. The van der Waals surface area contributed by atoms with Gasteiger partial charge in [0.05, 0.1) is 31.4 Å². The smallest absolute Gasteiger partial charge is 0.388 e. The molecule has 252 valence electrons. The van der Waals surface area contributed by atoms with Gasteiger partial charge in [-0.2, -0.15) is 4.98 Å². The lowest BCUT2D eigenvalue weighted by Gasteiger charge is -2.30. The number of aliphatic hydroxyl groups is 1. The highest BCUT2D eigenvalue weighted by Crippen LogP contribution is 2.68. The number of aliphatic hydroxyl groups excluding tert-OH is 1. The number of hydrogen-bond donors (Lipinski definition) is 6. The van der Waals surface area contributed by atoms with Gasteiger partial charge in [-0.1, -0.05) is 0 Å². The second-order valence-electron chi connectivity index (χ2n) is 11.7. The van der Waals surface area contributed by atoms with Gasteiger partial charge in [0.25, 0.3) is 5.56 Å². The van der Waals surface area contributed by atoms with E-state index in [2.05, 4.69) is 29.9 Å². The van der Waals surface area contributed by atoms with Crippen molar-refractivity contribution in [1.29, 1.82) is 0 Å². The number of aromatic amines is 1. The number of nitrogens with one attached hydrogen (secondary N) is 1. The summed E-state index contributed by atoms with van der Waals surface area (Å²) in [6.45, 7) is -1.18. The van der Waals surface area contributed by atoms with Crippen LogP contribution < -0.4 is 17.0 Å². The first-order valence-electron chi connectivity index (χ1n) is 14.2. The number of aromatic nitrogens is 8. The number of fused-ring (bicyclic) bond motifs is 7. The number of nitrogens with zero attached hydrogens (tertiary/aromatic N) is 7. The van der Waals surface area contributed by atoms with E-state index in [1.54, 1.807) is 4.57 Å². The molecule has 24 heteroatoms. The van der Waals surface area contributed by atoms with Crippen LogP contribution in [0, 0.1) is 11.8 Å². The Labute approximate surface area is 262 Å². The molecule has 8 rings (SSSR count). The van der Waals surface area contributed by atoms with Crippen LogP contribution in [0.25, 0.3) is 22.3 Å². The first-order chi connectivity index (χ1) is 22.3. The largest absolute Gasteiger partial charge is 0.472 e. The van der Waals surface area contributed by atoms with E-state index < -0.39 is 88.5 Å². The molecular formula is C23H28N10O12P2. The standard InChI is InChI=1S/C23H28N10O12P2/c1-40-14-10-4-42-47(38,39)44-13-8(9-2-23(9,16(13)34)33-7-29-11-17(24)26-5-27-18(11)33)3-41-46(36,37)45-15(14)21(43-10)32-6-28-12-19(32)30-22(25)31-20(12)35/h5-10,13-16,21,34H,2-4H2,1H3,(H,36,37)(H,38,39)(H2,24,26,27)(H3,25,30,31,35)/t8-,9-,10+,13+,14+,15+,16+,21+,23?/m0/s1. The number of hydrogen-bond acceptors (Lipinski definition) is 17. The topological polar surface area (TPSA) is 309 Å². The molecule has 2 saturated heterocycles. The van der Waals surface area contributed by atoms with Gasteiger partial charge in [-0.15, -0.1) is 0 Å². The summed E-state index contributed by atoms with van der Waals surface area (Å²) in [6, 6.07) is 0. The molecule has 2 aliphatic heterocycles. The molecular weight excluding hydrogens is 670 g/mol. The lowest BCUT2D eigenvalue weighted by atomic mass is 10.0. The van der Waals surface area contributed by atoms with E-state index in [-0.39, 0.29) is 28.4 Å². The van der Waals surface area contributed by atoms with Crippen molar-refractivity contribution in [2.45, 2.75) is 48.7 Å². The van der Waals surface area contributed by atoms with Crippen molar-refractivity contribution in [3.05, 3.63) is 29.3 Å². The second-order valence-corrected chi connectivity index (χ2v) is 14.5. The molecule has 6 heterocycles. The van der Waals surface area contributed by atoms with Gasteiger partial charge in [0.2, 0.25) is 5.95 Å². The second kappa shape index (κ2) is 10.5. The summed E-state index contributed by atoms with van der Waals surface area (Å²) in [6.07, 6.45) is -3.85. The number of H-pyrrole nitrogens is 1. The highest BCUT2D eigenvalue weighted by molar-refractivity contribution is 7.47. The van der Waals surface area contributed by atoms with Crippen molar-refractivity contribution in [1.82, 2.24) is 39.0 Å². The van der Waals surface area contributed by atoms with Crippen LogP contribution in [0.2, 0.25) is 0 Å². The summed E-state index contributed by atoms with van der Waals surface area (Å²) in [5, 5.41) is 11.6. The fourth-order valence-corrected chi connectivity index (χ4v) is 9.06. The number of imidazole rings is 2. The van der Waals surface area contributed by atoms with E-state index in [0.717, 1.165) is 0 Å². The Bertz CT molecular complexity index is 2060. The maximum absolute atomic E-state index is 13.5. The molecule has 0 spiro atoms. The Balaban J connectivity index is 1.15. The molecule has 4 aromatic rings. The summed E-state index contributed by atoms with van der Waals surface area (Å²) in [5.41, 5.74) is 10.3. The molecule has 0 amide bonds. The van der Waals surface area contributed by atoms with E-state index in [9.17, 15) is 28.8 Å². The molecule has 22 nitrogen and oxygen atoms in total. The van der Waals surface area contributed by atoms with Crippen LogP contribution in [0.3, 0.4) is 0 Å². The number of phosphoric ester groups is 2. The molecule has 0 aromatic carbocycles. The predicted octanol–water partition coefficient (Wildman–Crippen LogP) is -1.24. The van der Waals surface area contributed by atoms with E-state index in [0.29, 0.717) is 12.1 Å². The first-order valence-corrected chi connectivity index (χ1v) is 17.2. The first kappa shape index (κ1) is 30.9. The quantitative estimate of drug-likeness (QED) is 0.136. The van der Waals surface area contributed by atoms with Crippen molar-refractivity contribution in [2.75, 3.05) is 31.8 Å². The Morgan fingerprint density at radius 2 is 1.74 bits per heavy atom. The van der Waals surface area contributed by atoms with Gasteiger partial charge in [-0.3, -0.25) is 32.4 Å². The lowest BCUT2D eigenvalue weighted by molar-refractivity contribution is -0.0665. The average Bonchev–Trinajstić information content (AvgIpc) is 3.30. The van der Waals surface area contributed by atoms with Crippen molar-refractivity contribution in [3.63, 3.8) is 0 Å². The number of nitrogen functional groups attached to an aromatic ring is 2. The van der Waals surface area contributed by atoms with Gasteiger partial charge >= 0.3 is 15.6 Å². The maximum Gasteiger partial charge on any atom is 0.472 e. The SMILES string of the molecule is CO[C@H]1[C@H]2OP(=O)(O)OC[C@@H]3[C@@H](OP(=O)(O)OC[C@H]1O[C@H]2n1cnc2c(=O)[nH]c(N)nc21)[C@@H](O)C1(n2cnc4c(N)ncnc42)C[C@@H]31. The molecule has 3 unspecified atom stereocenters. The Morgan fingerprint density at radius 3 is 2.51 bits per heavy atom. The summed E-state index contributed by atoms with van der Waals surface area (Å²) in [5.74, 6) is -1.52. The zero-order chi connectivity index (χ0) is 33.0. The molecule has 4 aliphatic rings. The minimum atomic E-state index is -4.98. The molecule has 8 N–H and O–H groups in total. The minimum Gasteiger partial charge on any atom is -0.388 e. The van der Waals surface area contributed by atoms with Gasteiger partial charge < -0.3 is 40.4 Å². The third-order valence-electron chi connectivity index (χ3n) is 9.23. The van der Waals surface area contributed by atoms with Crippen LogP contribution in [0.15, 0.2) is 23.8 Å².